The fourth-order valence-corrected chi connectivity index (χ4v) is 22.3. The van der Waals surface area contributed by atoms with Crippen molar-refractivity contribution in [1.29, 1.82) is 15.8 Å². The van der Waals surface area contributed by atoms with Crippen LogP contribution >= 0.6 is 0 Å². The standard InChI is InChI=1S/C19H39N3O3Si4.5CH4/c1-26(2,3)23-28(7,17-11-8-14-20)25-29(18-12-9-15-21,19-13-10-16-22)24-27(4,5)6;;;;;/h8-13,17-19H2,1-7H3;5*1H4. The maximum Gasteiger partial charge on any atom is 0.319 e. The third-order valence-electron chi connectivity index (χ3n) is 4.03. The second-order valence-electron chi connectivity index (χ2n) is 9.61. The first-order valence-electron chi connectivity index (χ1n) is 10.5. The first-order chi connectivity index (χ1) is 13.3. The second-order valence-corrected chi connectivity index (χ2v) is 26.1. The molecule has 0 saturated heterocycles. The van der Waals surface area contributed by atoms with Crippen LogP contribution in [0.3, 0.4) is 0 Å². The predicted octanol–water partition coefficient (Wildman–Crippen LogP) is 9.31. The minimum atomic E-state index is -2.67. The molecule has 34 heavy (non-hydrogen) atoms. The van der Waals surface area contributed by atoms with E-state index in [0.717, 1.165) is 37.4 Å². The highest BCUT2D eigenvalue weighted by Crippen LogP contribution is 2.34. The van der Waals surface area contributed by atoms with Crippen LogP contribution in [0.25, 0.3) is 0 Å². The van der Waals surface area contributed by atoms with E-state index in [1.54, 1.807) is 0 Å². The molecule has 0 aliphatic carbocycles. The quantitative estimate of drug-likeness (QED) is 0.149. The molecule has 0 fully saturated rings. The van der Waals surface area contributed by atoms with Gasteiger partial charge in [-0.05, 0) is 83.2 Å². The van der Waals surface area contributed by atoms with Gasteiger partial charge in [-0.3, -0.25) is 0 Å². The van der Waals surface area contributed by atoms with Gasteiger partial charge in [-0.15, -0.1) is 0 Å². The van der Waals surface area contributed by atoms with E-state index in [0.29, 0.717) is 19.3 Å². The second kappa shape index (κ2) is 21.5. The zero-order valence-electron chi connectivity index (χ0n) is 19.4. The number of rotatable bonds is 15. The zero-order valence-corrected chi connectivity index (χ0v) is 23.4. The highest BCUT2D eigenvalue weighted by atomic mass is 28.5. The Kier molecular flexibility index (Phi) is 29.4. The van der Waals surface area contributed by atoms with Crippen LogP contribution in [-0.4, -0.2) is 33.8 Å². The predicted molar refractivity (Wildman–Crippen MR) is 160 cm³/mol. The van der Waals surface area contributed by atoms with Crippen molar-refractivity contribution in [3.8, 4) is 18.2 Å². The van der Waals surface area contributed by atoms with E-state index in [4.69, 9.17) is 28.1 Å². The van der Waals surface area contributed by atoms with E-state index in [1.807, 2.05) is 0 Å². The Morgan fingerprint density at radius 2 is 0.824 bits per heavy atom. The molecule has 0 spiro atoms. The highest BCUT2D eigenvalue weighted by Gasteiger charge is 2.48. The lowest BCUT2D eigenvalue weighted by Gasteiger charge is -2.44. The van der Waals surface area contributed by atoms with Gasteiger partial charge in [0, 0.05) is 19.3 Å². The molecule has 0 aliphatic rings. The van der Waals surface area contributed by atoms with Gasteiger partial charge in [0.1, 0.15) is 0 Å². The van der Waals surface area contributed by atoms with Crippen LogP contribution < -0.4 is 0 Å². The van der Waals surface area contributed by atoms with Crippen molar-refractivity contribution in [2.24, 2.45) is 0 Å². The van der Waals surface area contributed by atoms with E-state index in [-0.39, 0.29) is 37.1 Å². The molecule has 0 saturated carbocycles. The molecule has 0 N–H and O–H groups in total. The van der Waals surface area contributed by atoms with Crippen molar-refractivity contribution in [3.63, 3.8) is 0 Å². The Hall–Kier alpha value is -0.782. The number of hydrogen-bond acceptors (Lipinski definition) is 6. The topological polar surface area (TPSA) is 99.1 Å². The monoisotopic (exact) mass is 549 g/mol. The molecule has 1 unspecified atom stereocenters. The molecule has 1 atom stereocenters. The van der Waals surface area contributed by atoms with E-state index in [1.165, 1.54) is 0 Å². The number of hydrogen-bond donors (Lipinski definition) is 0. The van der Waals surface area contributed by atoms with Crippen molar-refractivity contribution in [3.05, 3.63) is 0 Å². The summed E-state index contributed by atoms with van der Waals surface area (Å²) in [6, 6.07) is 8.98. The first-order valence-corrected chi connectivity index (χ1v) is 22.1. The molecule has 0 amide bonds. The van der Waals surface area contributed by atoms with E-state index in [9.17, 15) is 0 Å². The number of nitrogens with zero attached hydrogens (tertiary/aromatic N) is 3. The van der Waals surface area contributed by atoms with Crippen molar-refractivity contribution in [1.82, 2.24) is 0 Å². The maximum absolute atomic E-state index is 9.05. The molecule has 0 aliphatic heterocycles. The molecule has 0 bridgehead atoms. The molecule has 6 nitrogen and oxygen atoms in total. The number of nitriles is 3. The van der Waals surface area contributed by atoms with Gasteiger partial charge in [-0.2, -0.15) is 15.8 Å². The van der Waals surface area contributed by atoms with Gasteiger partial charge >= 0.3 is 17.1 Å². The smallest absolute Gasteiger partial charge is 0.319 e. The van der Waals surface area contributed by atoms with Crippen molar-refractivity contribution in [2.45, 2.75) is 140 Å². The fraction of sp³-hybridized carbons (Fsp3) is 0.875. The van der Waals surface area contributed by atoms with Crippen molar-refractivity contribution in [2.75, 3.05) is 0 Å². The summed E-state index contributed by atoms with van der Waals surface area (Å²) in [5, 5.41) is 27.1. The molecule has 0 heterocycles. The molecule has 0 radical (unpaired) electrons. The fourth-order valence-electron chi connectivity index (χ4n) is 3.43. The summed E-state index contributed by atoms with van der Waals surface area (Å²) in [6.45, 7) is 15.1. The van der Waals surface area contributed by atoms with Gasteiger partial charge in [-0.1, -0.05) is 37.1 Å². The Morgan fingerprint density at radius 1 is 0.500 bits per heavy atom. The van der Waals surface area contributed by atoms with Gasteiger partial charge in [0.15, 0.2) is 16.6 Å². The third-order valence-corrected chi connectivity index (χ3v) is 18.9. The van der Waals surface area contributed by atoms with Crippen LogP contribution in [0.1, 0.15) is 75.7 Å². The van der Waals surface area contributed by atoms with Crippen LogP contribution in [0.4, 0.5) is 0 Å². The lowest BCUT2D eigenvalue weighted by Crippen LogP contribution is -2.59. The van der Waals surface area contributed by atoms with Crippen molar-refractivity contribution >= 4 is 33.8 Å². The molecule has 0 aromatic carbocycles. The third kappa shape index (κ3) is 23.0. The average molecular weight is 550 g/mol. The Labute approximate surface area is 219 Å². The number of unbranched alkanes of at least 4 members (excludes halogenated alkanes) is 3. The Balaban J connectivity index is -0.000000392. The maximum atomic E-state index is 9.05. The Bertz CT molecular complexity index is 597. The summed E-state index contributed by atoms with van der Waals surface area (Å²) < 4.78 is 20.4. The van der Waals surface area contributed by atoms with Crippen LogP contribution in [-0.2, 0) is 12.3 Å². The van der Waals surface area contributed by atoms with Crippen molar-refractivity contribution < 1.29 is 12.3 Å². The van der Waals surface area contributed by atoms with Gasteiger partial charge in [0.25, 0.3) is 0 Å². The molecule has 10 heteroatoms. The summed E-state index contributed by atoms with van der Waals surface area (Å²) in [4.78, 5) is 0. The van der Waals surface area contributed by atoms with Crippen LogP contribution in [0, 0.1) is 34.0 Å². The minimum absolute atomic E-state index is 0. The molecular formula is C24H59N3O3Si4. The van der Waals surface area contributed by atoms with Crippen LogP contribution in [0.2, 0.25) is 64.0 Å². The largest absolute Gasteiger partial charge is 0.437 e. The first kappa shape index (κ1) is 46.5. The summed E-state index contributed by atoms with van der Waals surface area (Å²) in [6.07, 6.45) is 3.70. The lowest BCUT2D eigenvalue weighted by molar-refractivity contribution is 0.306. The lowest BCUT2D eigenvalue weighted by atomic mass is 10.4. The average Bonchev–Trinajstić information content (AvgIpc) is 2.52. The Morgan fingerprint density at radius 3 is 1.12 bits per heavy atom. The van der Waals surface area contributed by atoms with E-state index in [2.05, 4.69) is 64.0 Å². The van der Waals surface area contributed by atoms with Gasteiger partial charge in [-0.25, -0.2) is 0 Å². The summed E-state index contributed by atoms with van der Waals surface area (Å²) in [5.74, 6) is 0. The molecule has 0 rings (SSSR count). The van der Waals surface area contributed by atoms with Crippen LogP contribution in [0.5, 0.6) is 0 Å². The molecule has 0 aromatic rings. The van der Waals surface area contributed by atoms with Gasteiger partial charge in [0.05, 0.1) is 18.2 Å². The van der Waals surface area contributed by atoms with E-state index < -0.39 is 33.8 Å². The molecular weight excluding hydrogens is 491 g/mol. The van der Waals surface area contributed by atoms with Crippen LogP contribution in [0.15, 0.2) is 0 Å². The highest BCUT2D eigenvalue weighted by molar-refractivity contribution is 6.90. The van der Waals surface area contributed by atoms with Gasteiger partial charge < -0.3 is 12.3 Å². The summed E-state index contributed by atoms with van der Waals surface area (Å²) in [7, 11) is -9.01. The zero-order chi connectivity index (χ0) is 22.6. The normalized spacial score (nSPS) is 12.4. The molecule has 204 valence electrons. The van der Waals surface area contributed by atoms with Gasteiger partial charge in [0.2, 0.25) is 0 Å². The SMILES string of the molecule is C.C.C.C.C.C[Si](C)(C)O[Si](C)(CCCC#N)O[Si](CCCC#N)(CCCC#N)O[Si](C)(C)C. The molecule has 0 aromatic heterocycles. The minimum Gasteiger partial charge on any atom is -0.437 e. The van der Waals surface area contributed by atoms with E-state index >= 15 is 0 Å². The summed E-state index contributed by atoms with van der Waals surface area (Å²) in [5.41, 5.74) is 0. The summed E-state index contributed by atoms with van der Waals surface area (Å²) >= 11 is 0.